The number of methoxy groups -OCH3 is 1. The molecule has 1 fully saturated rings. The molecule has 7 heteroatoms. The molecule has 1 saturated heterocycles. The Balaban J connectivity index is 1.31. The number of halogens is 1. The Morgan fingerprint density at radius 3 is 2.51 bits per heavy atom. The first-order valence-corrected chi connectivity index (χ1v) is 12.9. The third kappa shape index (κ3) is 7.71. The van der Waals surface area contributed by atoms with Crippen LogP contribution in [0.3, 0.4) is 0 Å². The van der Waals surface area contributed by atoms with E-state index < -0.39 is 0 Å². The summed E-state index contributed by atoms with van der Waals surface area (Å²) in [6.45, 7) is 7.85. The van der Waals surface area contributed by atoms with Crippen LogP contribution in [0.1, 0.15) is 70.4 Å². The minimum absolute atomic E-state index is 0.193. The molecular weight excluding hydrogens is 462 g/mol. The number of rotatable bonds is 11. The lowest BCUT2D eigenvalue weighted by molar-refractivity contribution is 0.0932. The number of carbonyl (C=O) groups excluding carboxylic acids is 2. The zero-order valence-electron chi connectivity index (χ0n) is 21.2. The molecule has 190 valence electrons. The number of carbonyl (C=O) groups is 2. The van der Waals surface area contributed by atoms with E-state index in [-0.39, 0.29) is 11.7 Å². The summed E-state index contributed by atoms with van der Waals surface area (Å²) in [6.07, 6.45) is 5.86. The first-order valence-electron chi connectivity index (χ1n) is 12.5. The molecule has 1 heterocycles. The van der Waals surface area contributed by atoms with E-state index in [2.05, 4.69) is 23.2 Å². The van der Waals surface area contributed by atoms with E-state index in [0.29, 0.717) is 40.9 Å². The third-order valence-corrected chi connectivity index (χ3v) is 7.21. The van der Waals surface area contributed by atoms with Crippen molar-refractivity contribution in [2.24, 2.45) is 5.92 Å². The Hall–Kier alpha value is -2.57. The minimum atomic E-state index is -0.193. The number of ether oxygens (including phenoxy) is 1. The molecule has 0 radical (unpaired) electrons. The number of aryl methyl sites for hydroxylation is 2. The summed E-state index contributed by atoms with van der Waals surface area (Å²) >= 11 is 6.09. The van der Waals surface area contributed by atoms with Crippen molar-refractivity contribution in [2.45, 2.75) is 52.4 Å². The maximum atomic E-state index is 12.6. The highest BCUT2D eigenvalue weighted by molar-refractivity contribution is 6.33. The molecule has 3 N–H and O–H groups in total. The van der Waals surface area contributed by atoms with Crippen LogP contribution < -0.4 is 15.8 Å². The summed E-state index contributed by atoms with van der Waals surface area (Å²) in [6, 6.07) is 9.19. The van der Waals surface area contributed by atoms with Crippen LogP contribution in [0.5, 0.6) is 5.75 Å². The standard InChI is InChI=1S/C28H38ClN3O3/c1-19-8-9-22(20(2)15-19)26(33)7-5-4-6-12-32-13-10-21(11-14-32)18-31-28(34)23-16-24(29)25(30)17-27(23)35-3/h8-9,15-17,21H,4-7,10-14,18,30H2,1-3H3,(H,31,34). The average Bonchev–Trinajstić information content (AvgIpc) is 2.84. The Kier molecular flexibility index (Phi) is 9.99. The van der Waals surface area contributed by atoms with E-state index in [0.717, 1.165) is 62.9 Å². The number of Topliss-reactive ketones (excluding diaryl/α,β-unsaturated/α-hetero) is 1. The summed E-state index contributed by atoms with van der Waals surface area (Å²) in [7, 11) is 1.51. The van der Waals surface area contributed by atoms with Crippen molar-refractivity contribution < 1.29 is 14.3 Å². The SMILES string of the molecule is COc1cc(N)c(Cl)cc1C(=O)NCC1CCN(CCCCCC(=O)c2ccc(C)cc2C)CC1. The summed E-state index contributed by atoms with van der Waals surface area (Å²) < 4.78 is 5.28. The van der Waals surface area contributed by atoms with Crippen LogP contribution in [0.4, 0.5) is 5.69 Å². The van der Waals surface area contributed by atoms with Crippen LogP contribution in [0.25, 0.3) is 0 Å². The van der Waals surface area contributed by atoms with E-state index in [1.54, 1.807) is 12.1 Å². The predicted molar refractivity (Wildman–Crippen MR) is 143 cm³/mol. The molecule has 0 aliphatic carbocycles. The predicted octanol–water partition coefficient (Wildman–Crippen LogP) is 5.43. The lowest BCUT2D eigenvalue weighted by atomic mass is 9.96. The molecule has 2 aromatic carbocycles. The van der Waals surface area contributed by atoms with Gasteiger partial charge in [0.15, 0.2) is 5.78 Å². The van der Waals surface area contributed by atoms with Crippen molar-refractivity contribution in [3.05, 3.63) is 57.6 Å². The smallest absolute Gasteiger partial charge is 0.255 e. The van der Waals surface area contributed by atoms with Crippen LogP contribution in [-0.2, 0) is 0 Å². The summed E-state index contributed by atoms with van der Waals surface area (Å²) in [4.78, 5) is 27.6. The monoisotopic (exact) mass is 499 g/mol. The van der Waals surface area contributed by atoms with E-state index >= 15 is 0 Å². The van der Waals surface area contributed by atoms with Gasteiger partial charge in [0.05, 0.1) is 23.4 Å². The van der Waals surface area contributed by atoms with Crippen LogP contribution in [0, 0.1) is 19.8 Å². The molecule has 35 heavy (non-hydrogen) atoms. The van der Waals surface area contributed by atoms with Crippen LogP contribution in [-0.4, -0.2) is 49.9 Å². The number of nitrogens with one attached hydrogen (secondary N) is 1. The topological polar surface area (TPSA) is 84.7 Å². The fraction of sp³-hybridized carbons (Fsp3) is 0.500. The van der Waals surface area contributed by atoms with E-state index in [4.69, 9.17) is 22.1 Å². The molecule has 1 amide bonds. The van der Waals surface area contributed by atoms with Gasteiger partial charge in [0, 0.05) is 24.6 Å². The molecule has 1 aliphatic heterocycles. The Labute approximate surface area is 214 Å². The number of unbranched alkanes of at least 4 members (excludes halogenated alkanes) is 2. The number of nitrogens with two attached hydrogens (primary N) is 1. The van der Waals surface area contributed by atoms with Gasteiger partial charge < -0.3 is 20.7 Å². The molecule has 2 aromatic rings. The molecule has 0 atom stereocenters. The summed E-state index contributed by atoms with van der Waals surface area (Å²) in [5.41, 5.74) is 9.73. The molecule has 0 aromatic heterocycles. The van der Waals surface area contributed by atoms with Gasteiger partial charge in [-0.15, -0.1) is 0 Å². The Morgan fingerprint density at radius 1 is 1.09 bits per heavy atom. The number of anilines is 1. The molecular formula is C28H38ClN3O3. The first-order chi connectivity index (χ1) is 16.8. The van der Waals surface area contributed by atoms with Crippen molar-refractivity contribution >= 4 is 29.0 Å². The van der Waals surface area contributed by atoms with Crippen LogP contribution >= 0.6 is 11.6 Å². The lowest BCUT2D eigenvalue weighted by Crippen LogP contribution is -2.39. The molecule has 0 unspecified atom stereocenters. The highest BCUT2D eigenvalue weighted by Gasteiger charge is 2.21. The highest BCUT2D eigenvalue weighted by atomic mass is 35.5. The van der Waals surface area contributed by atoms with Gasteiger partial charge in [-0.1, -0.05) is 41.8 Å². The molecule has 6 nitrogen and oxygen atoms in total. The zero-order chi connectivity index (χ0) is 25.4. The average molecular weight is 500 g/mol. The molecule has 0 saturated carbocycles. The zero-order valence-corrected chi connectivity index (χ0v) is 21.9. The number of nitrogens with zero attached hydrogens (tertiary/aromatic N) is 1. The second-order valence-corrected chi connectivity index (χ2v) is 10.0. The summed E-state index contributed by atoms with van der Waals surface area (Å²) in [5.74, 6) is 0.946. The van der Waals surface area contributed by atoms with Gasteiger partial charge in [0.1, 0.15) is 5.75 Å². The number of likely N-dealkylation sites (tertiary alicyclic amines) is 1. The Bertz CT molecular complexity index is 1030. The molecule has 0 bridgehead atoms. The van der Waals surface area contributed by atoms with E-state index in [9.17, 15) is 9.59 Å². The van der Waals surface area contributed by atoms with Crippen LogP contribution in [0.15, 0.2) is 30.3 Å². The van der Waals surface area contributed by atoms with Gasteiger partial charge >= 0.3 is 0 Å². The number of nitrogen functional groups attached to an aromatic ring is 1. The maximum absolute atomic E-state index is 12.6. The van der Waals surface area contributed by atoms with Crippen LogP contribution in [0.2, 0.25) is 5.02 Å². The Morgan fingerprint density at radius 2 is 1.83 bits per heavy atom. The van der Waals surface area contributed by atoms with Gasteiger partial charge in [-0.3, -0.25) is 9.59 Å². The van der Waals surface area contributed by atoms with Crippen molar-refractivity contribution in [2.75, 3.05) is 39.0 Å². The normalized spacial score (nSPS) is 14.6. The van der Waals surface area contributed by atoms with Crippen molar-refractivity contribution in [3.63, 3.8) is 0 Å². The second-order valence-electron chi connectivity index (χ2n) is 9.62. The van der Waals surface area contributed by atoms with Gasteiger partial charge in [-0.2, -0.15) is 0 Å². The number of amides is 1. The highest BCUT2D eigenvalue weighted by Crippen LogP contribution is 2.29. The fourth-order valence-electron chi connectivity index (χ4n) is 4.72. The molecule has 0 spiro atoms. The minimum Gasteiger partial charge on any atom is -0.496 e. The van der Waals surface area contributed by atoms with Crippen molar-refractivity contribution in [3.8, 4) is 5.75 Å². The number of ketones is 1. The van der Waals surface area contributed by atoms with Crippen molar-refractivity contribution in [1.82, 2.24) is 10.2 Å². The third-order valence-electron chi connectivity index (χ3n) is 6.88. The molecule has 1 aliphatic rings. The number of hydrogen-bond donors (Lipinski definition) is 2. The summed E-state index contributed by atoms with van der Waals surface area (Å²) in [5, 5.41) is 3.37. The quantitative estimate of drug-likeness (QED) is 0.244. The maximum Gasteiger partial charge on any atom is 0.255 e. The van der Waals surface area contributed by atoms with E-state index in [1.165, 1.54) is 12.7 Å². The molecule has 3 rings (SSSR count). The first kappa shape index (κ1) is 27.0. The number of hydrogen-bond acceptors (Lipinski definition) is 5. The lowest BCUT2D eigenvalue weighted by Gasteiger charge is -2.32. The fourth-order valence-corrected chi connectivity index (χ4v) is 4.88. The van der Waals surface area contributed by atoms with Gasteiger partial charge in [0.2, 0.25) is 0 Å². The van der Waals surface area contributed by atoms with Crippen molar-refractivity contribution in [1.29, 1.82) is 0 Å². The number of benzene rings is 2. The van der Waals surface area contributed by atoms with Gasteiger partial charge in [-0.05, 0) is 76.7 Å². The number of piperidine rings is 1. The van der Waals surface area contributed by atoms with E-state index in [1.807, 2.05) is 19.1 Å². The largest absolute Gasteiger partial charge is 0.496 e. The second kappa shape index (κ2) is 12.9. The van der Waals surface area contributed by atoms with Gasteiger partial charge in [-0.25, -0.2) is 0 Å². The van der Waals surface area contributed by atoms with Gasteiger partial charge in [0.25, 0.3) is 5.91 Å².